The van der Waals surface area contributed by atoms with E-state index in [-0.39, 0.29) is 17.4 Å². The van der Waals surface area contributed by atoms with Crippen molar-refractivity contribution in [3.63, 3.8) is 0 Å². The largest absolute Gasteiger partial charge is 0.507 e. The average Bonchev–Trinajstić information content (AvgIpc) is 2.82. The molecule has 0 saturated carbocycles. The quantitative estimate of drug-likeness (QED) is 0.350. The fourth-order valence-electron chi connectivity index (χ4n) is 3.93. The molecule has 0 heterocycles. The maximum Gasteiger partial charge on any atom is 0.126 e. The fourth-order valence-corrected chi connectivity index (χ4v) is 3.93. The molecule has 0 atom stereocenters. The minimum atomic E-state index is 0.0627. The van der Waals surface area contributed by atoms with Crippen LogP contribution in [0, 0.1) is 0 Å². The van der Waals surface area contributed by atoms with Gasteiger partial charge in [0.15, 0.2) is 0 Å². The molecular formula is C27H40O6. The second-order valence-corrected chi connectivity index (χ2v) is 7.88. The Kier molecular flexibility index (Phi) is 11.7. The van der Waals surface area contributed by atoms with E-state index in [1.54, 1.807) is 0 Å². The van der Waals surface area contributed by atoms with Crippen LogP contribution in [0.4, 0.5) is 0 Å². The molecule has 0 aliphatic carbocycles. The van der Waals surface area contributed by atoms with E-state index in [0.29, 0.717) is 52.9 Å². The van der Waals surface area contributed by atoms with Crippen LogP contribution in [0.1, 0.15) is 80.3 Å². The average molecular weight is 461 g/mol. The Morgan fingerprint density at radius 1 is 0.545 bits per heavy atom. The number of rotatable bonds is 15. The number of hydrogen-bond donors (Lipinski definition) is 2. The lowest BCUT2D eigenvalue weighted by Crippen LogP contribution is -2.07. The maximum absolute atomic E-state index is 10.8. The first-order chi connectivity index (χ1) is 16.0. The van der Waals surface area contributed by atoms with Crippen LogP contribution in [0.2, 0.25) is 0 Å². The van der Waals surface area contributed by atoms with Crippen molar-refractivity contribution in [1.82, 2.24) is 0 Å². The summed E-state index contributed by atoms with van der Waals surface area (Å²) in [5, 5.41) is 21.6. The standard InChI is InChI=1S/C27H40O6/c1-6-25(19-11-21(15-30-7-2)26(28)22(12-19)16-31-8-3)20-13-23(17-32-9-4)27(29)24(14-20)18-33-10-5/h11-14,25,28-29H,6-10,15-18H2,1-5H3. The van der Waals surface area contributed by atoms with Crippen LogP contribution in [-0.2, 0) is 45.4 Å². The van der Waals surface area contributed by atoms with Gasteiger partial charge in [-0.15, -0.1) is 0 Å². The predicted octanol–water partition coefficient (Wildman–Crippen LogP) is 5.79. The zero-order valence-electron chi connectivity index (χ0n) is 20.8. The van der Waals surface area contributed by atoms with Gasteiger partial charge in [0.1, 0.15) is 11.5 Å². The third kappa shape index (κ3) is 7.44. The van der Waals surface area contributed by atoms with E-state index in [2.05, 4.69) is 6.92 Å². The molecule has 0 fully saturated rings. The van der Waals surface area contributed by atoms with E-state index >= 15 is 0 Å². The Morgan fingerprint density at radius 3 is 1.03 bits per heavy atom. The molecule has 2 N–H and O–H groups in total. The summed E-state index contributed by atoms with van der Waals surface area (Å²) in [5.74, 6) is 0.526. The second kappa shape index (κ2) is 14.2. The molecule has 0 aromatic heterocycles. The molecule has 0 aliphatic rings. The van der Waals surface area contributed by atoms with E-state index in [0.717, 1.165) is 39.8 Å². The van der Waals surface area contributed by atoms with Gasteiger partial charge < -0.3 is 29.2 Å². The van der Waals surface area contributed by atoms with Crippen molar-refractivity contribution in [1.29, 1.82) is 0 Å². The Labute approximate surface area is 198 Å². The summed E-state index contributed by atoms with van der Waals surface area (Å²) in [5.41, 5.74) is 5.18. The lowest BCUT2D eigenvalue weighted by Gasteiger charge is -2.22. The van der Waals surface area contributed by atoms with Crippen LogP contribution >= 0.6 is 0 Å². The van der Waals surface area contributed by atoms with E-state index in [1.165, 1.54) is 0 Å². The van der Waals surface area contributed by atoms with Crippen molar-refractivity contribution in [3.05, 3.63) is 57.6 Å². The van der Waals surface area contributed by atoms with Gasteiger partial charge in [-0.3, -0.25) is 0 Å². The first-order valence-electron chi connectivity index (χ1n) is 12.0. The van der Waals surface area contributed by atoms with Crippen LogP contribution in [-0.4, -0.2) is 36.6 Å². The van der Waals surface area contributed by atoms with E-state index in [1.807, 2.05) is 52.0 Å². The molecule has 0 amide bonds. The van der Waals surface area contributed by atoms with Gasteiger partial charge in [0, 0.05) is 54.6 Å². The number of aromatic hydroxyl groups is 2. The molecule has 0 spiro atoms. The van der Waals surface area contributed by atoms with Crippen molar-refractivity contribution >= 4 is 0 Å². The van der Waals surface area contributed by atoms with Crippen molar-refractivity contribution in [2.75, 3.05) is 26.4 Å². The molecular weight excluding hydrogens is 420 g/mol. The summed E-state index contributed by atoms with van der Waals surface area (Å²) in [4.78, 5) is 0. The highest BCUT2D eigenvalue weighted by molar-refractivity contribution is 5.50. The molecule has 6 heteroatoms. The molecule has 0 bridgehead atoms. The molecule has 0 aliphatic heterocycles. The zero-order valence-corrected chi connectivity index (χ0v) is 20.8. The highest BCUT2D eigenvalue weighted by Gasteiger charge is 2.20. The molecule has 33 heavy (non-hydrogen) atoms. The third-order valence-electron chi connectivity index (χ3n) is 5.64. The summed E-state index contributed by atoms with van der Waals surface area (Å²) in [7, 11) is 0. The SMILES string of the molecule is CCOCc1cc(C(CC)c2cc(COCC)c(O)c(COCC)c2)cc(COCC)c1O. The minimum Gasteiger partial charge on any atom is -0.507 e. The van der Waals surface area contributed by atoms with Crippen LogP contribution in [0.25, 0.3) is 0 Å². The summed E-state index contributed by atoms with van der Waals surface area (Å²) < 4.78 is 22.4. The highest BCUT2D eigenvalue weighted by Crippen LogP contribution is 2.37. The molecule has 0 radical (unpaired) electrons. The molecule has 2 rings (SSSR count). The first kappa shape index (κ1) is 27.1. The topological polar surface area (TPSA) is 77.4 Å². The van der Waals surface area contributed by atoms with Gasteiger partial charge in [0.2, 0.25) is 0 Å². The number of hydrogen-bond acceptors (Lipinski definition) is 6. The molecule has 0 unspecified atom stereocenters. The van der Waals surface area contributed by atoms with Crippen molar-refractivity contribution < 1.29 is 29.2 Å². The Balaban J connectivity index is 2.56. The van der Waals surface area contributed by atoms with Crippen LogP contribution in [0.3, 0.4) is 0 Å². The monoisotopic (exact) mass is 460 g/mol. The molecule has 184 valence electrons. The van der Waals surface area contributed by atoms with Crippen molar-refractivity contribution in [2.24, 2.45) is 0 Å². The summed E-state index contributed by atoms with van der Waals surface area (Å²) in [6.07, 6.45) is 0.847. The van der Waals surface area contributed by atoms with Crippen LogP contribution in [0.5, 0.6) is 11.5 Å². The maximum atomic E-state index is 10.8. The normalized spacial score (nSPS) is 11.5. The Morgan fingerprint density at radius 2 is 0.818 bits per heavy atom. The molecule has 2 aromatic rings. The van der Waals surface area contributed by atoms with Gasteiger partial charge in [-0.2, -0.15) is 0 Å². The summed E-state index contributed by atoms with van der Waals surface area (Å²) >= 11 is 0. The lowest BCUT2D eigenvalue weighted by atomic mass is 9.85. The molecule has 6 nitrogen and oxygen atoms in total. The van der Waals surface area contributed by atoms with E-state index in [9.17, 15) is 10.2 Å². The Bertz CT molecular complexity index is 736. The highest BCUT2D eigenvalue weighted by atomic mass is 16.5. The number of benzene rings is 2. The van der Waals surface area contributed by atoms with Gasteiger partial charge in [0.25, 0.3) is 0 Å². The number of phenolic OH excluding ortho intramolecular Hbond substituents is 2. The van der Waals surface area contributed by atoms with E-state index in [4.69, 9.17) is 18.9 Å². The smallest absolute Gasteiger partial charge is 0.126 e. The van der Waals surface area contributed by atoms with Crippen molar-refractivity contribution in [3.8, 4) is 11.5 Å². The zero-order chi connectivity index (χ0) is 24.2. The van der Waals surface area contributed by atoms with Crippen molar-refractivity contribution in [2.45, 2.75) is 73.4 Å². The minimum absolute atomic E-state index is 0.0627. The molecule has 0 saturated heterocycles. The van der Waals surface area contributed by atoms with Crippen LogP contribution < -0.4 is 0 Å². The van der Waals surface area contributed by atoms with Crippen LogP contribution in [0.15, 0.2) is 24.3 Å². The predicted molar refractivity (Wildman–Crippen MR) is 130 cm³/mol. The number of ether oxygens (including phenoxy) is 4. The third-order valence-corrected chi connectivity index (χ3v) is 5.64. The first-order valence-corrected chi connectivity index (χ1v) is 12.0. The van der Waals surface area contributed by atoms with Gasteiger partial charge in [-0.05, 0) is 69.5 Å². The van der Waals surface area contributed by atoms with E-state index < -0.39 is 0 Å². The fraction of sp³-hybridized carbons (Fsp3) is 0.556. The lowest BCUT2D eigenvalue weighted by molar-refractivity contribution is 0.126. The van der Waals surface area contributed by atoms with Gasteiger partial charge >= 0.3 is 0 Å². The summed E-state index contributed by atoms with van der Waals surface area (Å²) in [6, 6.07) is 8.08. The van der Waals surface area contributed by atoms with Gasteiger partial charge in [-0.1, -0.05) is 6.92 Å². The second-order valence-electron chi connectivity index (χ2n) is 7.88. The Hall–Kier alpha value is -2.12. The van der Waals surface area contributed by atoms with Gasteiger partial charge in [-0.25, -0.2) is 0 Å². The van der Waals surface area contributed by atoms with Gasteiger partial charge in [0.05, 0.1) is 26.4 Å². The number of phenols is 2. The summed E-state index contributed by atoms with van der Waals surface area (Å²) in [6.45, 7) is 13.5. The molecule has 2 aromatic carbocycles.